The summed E-state index contributed by atoms with van der Waals surface area (Å²) in [5.74, 6) is 0. The van der Waals surface area contributed by atoms with Crippen molar-refractivity contribution in [2.45, 2.75) is 13.3 Å². The molecule has 1 fully saturated rings. The normalized spacial score (nSPS) is 15.3. The summed E-state index contributed by atoms with van der Waals surface area (Å²) >= 11 is 0. The molecule has 2 aromatic carbocycles. The molecule has 0 bridgehead atoms. The number of nitrogens with zero attached hydrogens (tertiary/aromatic N) is 1. The van der Waals surface area contributed by atoms with Crippen LogP contribution in [0.5, 0.6) is 0 Å². The number of nitrogens with one attached hydrogen (secondary N) is 1. The fourth-order valence-corrected chi connectivity index (χ4v) is 2.74. The minimum absolute atomic E-state index is 1.08. The number of piperazine rings is 1. The quantitative estimate of drug-likeness (QED) is 0.916. The molecule has 0 atom stereocenters. The maximum Gasteiger partial charge on any atom is 0.0373 e. The van der Waals surface area contributed by atoms with Gasteiger partial charge in [-0.25, -0.2) is 0 Å². The van der Waals surface area contributed by atoms with E-state index < -0.39 is 0 Å². The van der Waals surface area contributed by atoms with Crippen LogP contribution in [0.15, 0.2) is 48.5 Å². The highest BCUT2D eigenvalue weighted by atomic mass is 15.2. The van der Waals surface area contributed by atoms with Gasteiger partial charge in [-0.1, -0.05) is 43.3 Å². The van der Waals surface area contributed by atoms with E-state index in [1.807, 2.05) is 0 Å². The lowest BCUT2D eigenvalue weighted by Gasteiger charge is -2.29. The molecule has 104 valence electrons. The van der Waals surface area contributed by atoms with Crippen molar-refractivity contribution in [1.29, 1.82) is 0 Å². The zero-order valence-electron chi connectivity index (χ0n) is 12.1. The van der Waals surface area contributed by atoms with Crippen LogP contribution >= 0.6 is 0 Å². The highest BCUT2D eigenvalue weighted by molar-refractivity contribution is 5.68. The van der Waals surface area contributed by atoms with Crippen LogP contribution in [0.25, 0.3) is 11.1 Å². The Bertz CT molecular complexity index is 554. The van der Waals surface area contributed by atoms with E-state index in [2.05, 4.69) is 65.7 Å². The van der Waals surface area contributed by atoms with Gasteiger partial charge in [0.05, 0.1) is 0 Å². The van der Waals surface area contributed by atoms with Crippen LogP contribution in [0.4, 0.5) is 5.69 Å². The number of anilines is 1. The topological polar surface area (TPSA) is 15.3 Å². The number of aryl methyl sites for hydroxylation is 1. The summed E-state index contributed by atoms with van der Waals surface area (Å²) in [6.45, 7) is 6.54. The first-order valence-corrected chi connectivity index (χ1v) is 7.52. The Kier molecular flexibility index (Phi) is 4.03. The number of hydrogen-bond acceptors (Lipinski definition) is 2. The summed E-state index contributed by atoms with van der Waals surface area (Å²) in [7, 11) is 0. The molecule has 0 unspecified atom stereocenters. The molecule has 1 N–H and O–H groups in total. The van der Waals surface area contributed by atoms with Gasteiger partial charge in [0.2, 0.25) is 0 Å². The Morgan fingerprint density at radius 3 is 2.40 bits per heavy atom. The van der Waals surface area contributed by atoms with Crippen LogP contribution < -0.4 is 10.2 Å². The molecule has 1 heterocycles. The Morgan fingerprint density at radius 1 is 0.950 bits per heavy atom. The van der Waals surface area contributed by atoms with Crippen molar-refractivity contribution < 1.29 is 0 Å². The summed E-state index contributed by atoms with van der Waals surface area (Å²) in [5, 5.41) is 3.40. The van der Waals surface area contributed by atoms with Gasteiger partial charge in [0.15, 0.2) is 0 Å². The first kappa shape index (κ1) is 13.2. The molecule has 0 radical (unpaired) electrons. The van der Waals surface area contributed by atoms with Gasteiger partial charge in [0, 0.05) is 31.9 Å². The molecule has 2 heteroatoms. The lowest BCUT2D eigenvalue weighted by molar-refractivity contribution is 0.589. The van der Waals surface area contributed by atoms with Crippen LogP contribution in [0.1, 0.15) is 12.5 Å². The molecule has 1 saturated heterocycles. The number of hydrogen-bond donors (Lipinski definition) is 1. The third kappa shape index (κ3) is 2.86. The van der Waals surface area contributed by atoms with E-state index in [4.69, 9.17) is 0 Å². The number of rotatable bonds is 3. The first-order valence-electron chi connectivity index (χ1n) is 7.52. The summed E-state index contributed by atoms with van der Waals surface area (Å²) in [4.78, 5) is 2.46. The number of benzene rings is 2. The predicted molar refractivity (Wildman–Crippen MR) is 86.3 cm³/mol. The van der Waals surface area contributed by atoms with Crippen molar-refractivity contribution in [1.82, 2.24) is 5.32 Å². The van der Waals surface area contributed by atoms with Crippen molar-refractivity contribution in [3.05, 3.63) is 54.1 Å². The molecule has 2 nitrogen and oxygen atoms in total. The highest BCUT2D eigenvalue weighted by Crippen LogP contribution is 2.25. The molecule has 0 saturated carbocycles. The van der Waals surface area contributed by atoms with Crippen LogP contribution in [0.3, 0.4) is 0 Å². The largest absolute Gasteiger partial charge is 0.369 e. The molecule has 0 spiro atoms. The van der Waals surface area contributed by atoms with E-state index in [-0.39, 0.29) is 0 Å². The van der Waals surface area contributed by atoms with Crippen LogP contribution in [0, 0.1) is 0 Å². The third-order valence-corrected chi connectivity index (χ3v) is 4.02. The van der Waals surface area contributed by atoms with Crippen molar-refractivity contribution in [2.75, 3.05) is 31.1 Å². The summed E-state index contributed by atoms with van der Waals surface area (Å²) < 4.78 is 0. The van der Waals surface area contributed by atoms with E-state index in [0.717, 1.165) is 32.6 Å². The second-order valence-corrected chi connectivity index (χ2v) is 5.34. The van der Waals surface area contributed by atoms with Crippen molar-refractivity contribution in [3.63, 3.8) is 0 Å². The minimum Gasteiger partial charge on any atom is -0.369 e. The van der Waals surface area contributed by atoms with E-state index in [0.29, 0.717) is 0 Å². The average Bonchev–Trinajstić information content (AvgIpc) is 2.56. The van der Waals surface area contributed by atoms with Gasteiger partial charge < -0.3 is 10.2 Å². The molecule has 2 aromatic rings. The Balaban J connectivity index is 1.85. The third-order valence-electron chi connectivity index (χ3n) is 4.02. The maximum atomic E-state index is 3.40. The summed E-state index contributed by atoms with van der Waals surface area (Å²) in [5.41, 5.74) is 5.35. The molecule has 0 aliphatic carbocycles. The SMILES string of the molecule is CCc1ccc(-c2cccc(N3CCNCC3)c2)cc1. The lowest BCUT2D eigenvalue weighted by atomic mass is 10.0. The first-order chi connectivity index (χ1) is 9.86. The van der Waals surface area contributed by atoms with E-state index in [9.17, 15) is 0 Å². The zero-order valence-corrected chi connectivity index (χ0v) is 12.1. The monoisotopic (exact) mass is 266 g/mol. The molecule has 1 aliphatic rings. The minimum atomic E-state index is 1.08. The molecule has 0 aromatic heterocycles. The van der Waals surface area contributed by atoms with Gasteiger partial charge in [0.1, 0.15) is 0 Å². The average molecular weight is 266 g/mol. The van der Waals surface area contributed by atoms with Crippen molar-refractivity contribution in [3.8, 4) is 11.1 Å². The van der Waals surface area contributed by atoms with Gasteiger partial charge in [-0.05, 0) is 35.2 Å². The van der Waals surface area contributed by atoms with Gasteiger partial charge in [-0.2, -0.15) is 0 Å². The molecule has 1 aliphatic heterocycles. The van der Waals surface area contributed by atoms with Gasteiger partial charge in [-0.3, -0.25) is 0 Å². The zero-order chi connectivity index (χ0) is 13.8. The highest BCUT2D eigenvalue weighted by Gasteiger charge is 2.10. The smallest absolute Gasteiger partial charge is 0.0373 e. The van der Waals surface area contributed by atoms with Crippen LogP contribution in [-0.4, -0.2) is 26.2 Å². The Hall–Kier alpha value is -1.80. The van der Waals surface area contributed by atoms with Gasteiger partial charge >= 0.3 is 0 Å². The van der Waals surface area contributed by atoms with E-state index >= 15 is 0 Å². The Morgan fingerprint density at radius 2 is 1.70 bits per heavy atom. The van der Waals surface area contributed by atoms with Crippen molar-refractivity contribution in [2.24, 2.45) is 0 Å². The fraction of sp³-hybridized carbons (Fsp3) is 0.333. The second kappa shape index (κ2) is 6.10. The maximum absolute atomic E-state index is 3.40. The molecular formula is C18H22N2. The fourth-order valence-electron chi connectivity index (χ4n) is 2.74. The Labute approximate surface area is 121 Å². The van der Waals surface area contributed by atoms with E-state index in [1.54, 1.807) is 0 Å². The standard InChI is InChI=1S/C18H22N2/c1-2-15-6-8-16(9-7-15)17-4-3-5-18(14-17)20-12-10-19-11-13-20/h3-9,14,19H,2,10-13H2,1H3. The van der Waals surface area contributed by atoms with Crippen molar-refractivity contribution >= 4 is 5.69 Å². The van der Waals surface area contributed by atoms with E-state index in [1.165, 1.54) is 22.4 Å². The predicted octanol–water partition coefficient (Wildman–Crippen LogP) is 3.33. The van der Waals surface area contributed by atoms with Crippen LogP contribution in [-0.2, 0) is 6.42 Å². The second-order valence-electron chi connectivity index (χ2n) is 5.34. The lowest BCUT2D eigenvalue weighted by Crippen LogP contribution is -2.43. The summed E-state index contributed by atoms with van der Waals surface area (Å²) in [6, 6.07) is 17.8. The molecule has 3 rings (SSSR count). The summed E-state index contributed by atoms with van der Waals surface area (Å²) in [6.07, 6.45) is 1.10. The van der Waals surface area contributed by atoms with Gasteiger partial charge in [-0.15, -0.1) is 0 Å². The molecule has 20 heavy (non-hydrogen) atoms. The molecular weight excluding hydrogens is 244 g/mol. The van der Waals surface area contributed by atoms with Crippen LogP contribution in [0.2, 0.25) is 0 Å². The van der Waals surface area contributed by atoms with Gasteiger partial charge in [0.25, 0.3) is 0 Å². The molecule has 0 amide bonds.